The maximum absolute atomic E-state index is 10.5. The zero-order chi connectivity index (χ0) is 12.1. The number of hydrogen-bond acceptors (Lipinski definition) is 3. The Hall–Kier alpha value is -1.33. The molecule has 0 aromatic heterocycles. The summed E-state index contributed by atoms with van der Waals surface area (Å²) >= 11 is 10.8. The maximum Gasteiger partial charge on any atom is 0.219 e. The number of rotatable bonds is 5. The standard InChI is InChI=1S/C10H12ClN3OS/c11-7-5-6(10(13)16)1-2-8(7)14-4-3-9(12)15/h1-2,5,14H,3-4H2,(H2,12,15)(H2,13,16). The van der Waals surface area contributed by atoms with Gasteiger partial charge >= 0.3 is 0 Å². The van der Waals surface area contributed by atoms with Crippen molar-refractivity contribution in [2.24, 2.45) is 11.5 Å². The molecule has 1 aromatic carbocycles. The number of carbonyl (C=O) groups excluding carboxylic acids is 1. The molecular formula is C10H12ClN3OS. The lowest BCUT2D eigenvalue weighted by molar-refractivity contribution is -0.117. The molecule has 0 fully saturated rings. The molecule has 0 saturated heterocycles. The normalized spacial score (nSPS) is 9.81. The van der Waals surface area contributed by atoms with E-state index in [-0.39, 0.29) is 12.3 Å². The van der Waals surface area contributed by atoms with Crippen molar-refractivity contribution in [3.8, 4) is 0 Å². The van der Waals surface area contributed by atoms with Crippen LogP contribution in [0.1, 0.15) is 12.0 Å². The number of primary amides is 1. The van der Waals surface area contributed by atoms with E-state index in [1.807, 2.05) is 0 Å². The molecule has 0 unspecified atom stereocenters. The number of thiocarbonyl (C=S) groups is 1. The zero-order valence-corrected chi connectivity index (χ0v) is 10.1. The third-order valence-electron chi connectivity index (χ3n) is 1.94. The third-order valence-corrected chi connectivity index (χ3v) is 2.49. The molecule has 4 nitrogen and oxygen atoms in total. The number of amides is 1. The lowest BCUT2D eigenvalue weighted by Crippen LogP contribution is -2.16. The molecule has 16 heavy (non-hydrogen) atoms. The molecule has 5 N–H and O–H groups in total. The van der Waals surface area contributed by atoms with Crippen molar-refractivity contribution in [3.63, 3.8) is 0 Å². The van der Waals surface area contributed by atoms with Crippen LogP contribution >= 0.6 is 23.8 Å². The second-order valence-corrected chi connectivity index (χ2v) is 4.05. The summed E-state index contributed by atoms with van der Waals surface area (Å²) in [6, 6.07) is 5.20. The number of hydrogen-bond donors (Lipinski definition) is 3. The Morgan fingerprint density at radius 1 is 1.44 bits per heavy atom. The maximum atomic E-state index is 10.5. The first-order chi connectivity index (χ1) is 7.50. The molecule has 1 rings (SSSR count). The van der Waals surface area contributed by atoms with Crippen molar-refractivity contribution in [3.05, 3.63) is 28.8 Å². The minimum Gasteiger partial charge on any atom is -0.389 e. The van der Waals surface area contributed by atoms with Gasteiger partial charge in [-0.15, -0.1) is 0 Å². The van der Waals surface area contributed by atoms with Gasteiger partial charge in [0, 0.05) is 18.5 Å². The van der Waals surface area contributed by atoms with Gasteiger partial charge in [0.15, 0.2) is 0 Å². The molecule has 0 aliphatic heterocycles. The average molecular weight is 258 g/mol. The van der Waals surface area contributed by atoms with Crippen molar-refractivity contribution in [2.45, 2.75) is 6.42 Å². The topological polar surface area (TPSA) is 81.1 Å². The third kappa shape index (κ3) is 3.67. The van der Waals surface area contributed by atoms with Crippen LogP contribution in [0.25, 0.3) is 0 Å². The van der Waals surface area contributed by atoms with Crippen LogP contribution in [-0.4, -0.2) is 17.4 Å². The molecule has 0 bridgehead atoms. The van der Waals surface area contributed by atoms with E-state index in [4.69, 9.17) is 35.3 Å². The highest BCUT2D eigenvalue weighted by Gasteiger charge is 2.03. The summed E-state index contributed by atoms with van der Waals surface area (Å²) in [5.74, 6) is -0.358. The summed E-state index contributed by atoms with van der Waals surface area (Å²) in [5.41, 5.74) is 11.9. The lowest BCUT2D eigenvalue weighted by Gasteiger charge is -2.08. The van der Waals surface area contributed by atoms with Crippen LogP contribution in [-0.2, 0) is 4.79 Å². The van der Waals surface area contributed by atoms with Crippen molar-refractivity contribution in [1.82, 2.24) is 0 Å². The fourth-order valence-electron chi connectivity index (χ4n) is 1.13. The van der Waals surface area contributed by atoms with Crippen LogP contribution in [0.3, 0.4) is 0 Å². The Morgan fingerprint density at radius 2 is 2.12 bits per heavy atom. The minimum absolute atomic E-state index is 0.257. The van der Waals surface area contributed by atoms with Crippen LogP contribution in [0.5, 0.6) is 0 Å². The summed E-state index contributed by atoms with van der Waals surface area (Å²) in [6.45, 7) is 0.446. The van der Waals surface area contributed by atoms with Crippen molar-refractivity contribution >= 4 is 40.4 Å². The first-order valence-electron chi connectivity index (χ1n) is 4.62. The number of nitrogens with one attached hydrogen (secondary N) is 1. The van der Waals surface area contributed by atoms with E-state index in [0.29, 0.717) is 22.1 Å². The quantitative estimate of drug-likeness (QED) is 0.694. The van der Waals surface area contributed by atoms with Crippen molar-refractivity contribution < 1.29 is 4.79 Å². The Kier molecular flexibility index (Phi) is 4.52. The lowest BCUT2D eigenvalue weighted by atomic mass is 10.2. The van der Waals surface area contributed by atoms with E-state index in [2.05, 4.69) is 5.32 Å². The largest absolute Gasteiger partial charge is 0.389 e. The number of nitrogens with two attached hydrogens (primary N) is 2. The Morgan fingerprint density at radius 3 is 2.62 bits per heavy atom. The van der Waals surface area contributed by atoms with E-state index in [0.717, 1.165) is 5.69 Å². The van der Waals surface area contributed by atoms with E-state index >= 15 is 0 Å². The first-order valence-corrected chi connectivity index (χ1v) is 5.41. The molecule has 0 saturated carbocycles. The monoisotopic (exact) mass is 257 g/mol. The van der Waals surface area contributed by atoms with Gasteiger partial charge in [-0.2, -0.15) is 0 Å². The highest BCUT2D eigenvalue weighted by molar-refractivity contribution is 7.80. The van der Waals surface area contributed by atoms with Crippen LogP contribution in [0, 0.1) is 0 Å². The molecular weight excluding hydrogens is 246 g/mol. The molecule has 0 aliphatic carbocycles. The SMILES string of the molecule is NC(=O)CCNc1ccc(C(N)=S)cc1Cl. The Bertz CT molecular complexity index is 423. The number of anilines is 1. The van der Waals surface area contributed by atoms with E-state index < -0.39 is 0 Å². The second kappa shape index (κ2) is 5.67. The molecule has 0 aliphatic rings. The predicted molar refractivity (Wildman–Crippen MR) is 69.6 cm³/mol. The Balaban J connectivity index is 2.68. The van der Waals surface area contributed by atoms with Crippen LogP contribution < -0.4 is 16.8 Å². The summed E-state index contributed by atoms with van der Waals surface area (Å²) in [5, 5.41) is 3.50. The molecule has 6 heteroatoms. The minimum atomic E-state index is -0.358. The van der Waals surface area contributed by atoms with E-state index in [9.17, 15) is 4.79 Å². The van der Waals surface area contributed by atoms with Gasteiger partial charge in [-0.25, -0.2) is 0 Å². The zero-order valence-electron chi connectivity index (χ0n) is 8.50. The smallest absolute Gasteiger partial charge is 0.219 e. The van der Waals surface area contributed by atoms with Crippen molar-refractivity contribution in [2.75, 3.05) is 11.9 Å². The highest BCUT2D eigenvalue weighted by atomic mass is 35.5. The number of carbonyl (C=O) groups is 1. The van der Waals surface area contributed by atoms with Gasteiger partial charge < -0.3 is 16.8 Å². The van der Waals surface area contributed by atoms with Gasteiger partial charge in [0.1, 0.15) is 4.99 Å². The second-order valence-electron chi connectivity index (χ2n) is 3.20. The van der Waals surface area contributed by atoms with Gasteiger partial charge in [-0.05, 0) is 18.2 Å². The first kappa shape index (κ1) is 12.7. The fourth-order valence-corrected chi connectivity index (χ4v) is 1.51. The van der Waals surface area contributed by atoms with Gasteiger partial charge in [0.25, 0.3) is 0 Å². The van der Waals surface area contributed by atoms with E-state index in [1.54, 1.807) is 18.2 Å². The molecule has 0 spiro atoms. The van der Waals surface area contributed by atoms with Gasteiger partial charge in [0.05, 0.1) is 10.7 Å². The Labute approximate surface area is 104 Å². The summed E-state index contributed by atoms with van der Waals surface area (Å²) < 4.78 is 0. The van der Waals surface area contributed by atoms with Gasteiger partial charge in [-0.3, -0.25) is 4.79 Å². The molecule has 86 valence electrons. The average Bonchev–Trinajstić information content (AvgIpc) is 2.19. The molecule has 1 aromatic rings. The summed E-state index contributed by atoms with van der Waals surface area (Å²) in [7, 11) is 0. The predicted octanol–water partition coefficient (Wildman–Crippen LogP) is 1.26. The number of halogens is 1. The van der Waals surface area contributed by atoms with Gasteiger partial charge in [-0.1, -0.05) is 23.8 Å². The van der Waals surface area contributed by atoms with E-state index in [1.165, 1.54) is 0 Å². The fraction of sp³-hybridized carbons (Fsp3) is 0.200. The summed E-state index contributed by atoms with van der Waals surface area (Å²) in [4.78, 5) is 10.8. The van der Waals surface area contributed by atoms with Gasteiger partial charge in [0.2, 0.25) is 5.91 Å². The molecule has 0 radical (unpaired) electrons. The van der Waals surface area contributed by atoms with Crippen molar-refractivity contribution in [1.29, 1.82) is 0 Å². The van der Waals surface area contributed by atoms with Crippen LogP contribution in [0.4, 0.5) is 5.69 Å². The highest BCUT2D eigenvalue weighted by Crippen LogP contribution is 2.22. The molecule has 0 atom stereocenters. The summed E-state index contributed by atoms with van der Waals surface area (Å²) in [6.07, 6.45) is 0.257. The molecule has 0 heterocycles. The van der Waals surface area contributed by atoms with Crippen LogP contribution in [0.15, 0.2) is 18.2 Å². The number of benzene rings is 1. The molecule has 1 amide bonds. The van der Waals surface area contributed by atoms with Crippen LogP contribution in [0.2, 0.25) is 5.02 Å².